The van der Waals surface area contributed by atoms with Crippen LogP contribution in [0.15, 0.2) is 54.7 Å². The number of carboxylic acids is 1. The molecule has 0 aliphatic heterocycles. The number of hydrogen-bond acceptors (Lipinski definition) is 7. The van der Waals surface area contributed by atoms with Crippen LogP contribution in [0.4, 0.5) is 0 Å². The molecule has 3 aromatic rings. The number of carboxylic acid groups (broad SMARTS) is 1. The summed E-state index contributed by atoms with van der Waals surface area (Å²) < 4.78 is 0. The zero-order chi connectivity index (χ0) is 31.7. The Morgan fingerprint density at radius 3 is 2.07 bits per heavy atom. The topological polar surface area (TPSA) is 230 Å². The van der Waals surface area contributed by atoms with Gasteiger partial charge < -0.3 is 42.6 Å². The first-order valence-electron chi connectivity index (χ1n) is 13.8. The number of nitrogens with one attached hydrogen (secondary N) is 4. The number of aromatic nitrogens is 1. The molecule has 0 aliphatic carbocycles. The summed E-state index contributed by atoms with van der Waals surface area (Å²) in [6, 6.07) is 8.69. The van der Waals surface area contributed by atoms with Gasteiger partial charge in [0.25, 0.3) is 0 Å². The highest BCUT2D eigenvalue weighted by molar-refractivity contribution is 5.95. The number of aliphatic carboxylic acids is 1. The molecule has 0 fully saturated rings. The number of rotatable bonds is 15. The van der Waals surface area contributed by atoms with Crippen molar-refractivity contribution in [2.24, 2.45) is 17.4 Å². The Bertz CT molecular complexity index is 1450. The molecule has 0 radical (unpaired) electrons. The van der Waals surface area contributed by atoms with E-state index in [0.29, 0.717) is 5.56 Å². The lowest BCUT2D eigenvalue weighted by Crippen LogP contribution is -2.58. The van der Waals surface area contributed by atoms with Crippen LogP contribution in [-0.2, 0) is 36.8 Å². The predicted octanol–water partition coefficient (Wildman–Crippen LogP) is 0.447. The van der Waals surface area contributed by atoms with Crippen LogP contribution in [-0.4, -0.2) is 69.0 Å². The molecule has 0 spiro atoms. The first-order valence-corrected chi connectivity index (χ1v) is 13.8. The van der Waals surface area contributed by atoms with Crippen LogP contribution in [0.25, 0.3) is 10.9 Å². The number of benzene rings is 2. The van der Waals surface area contributed by atoms with Crippen LogP contribution >= 0.6 is 0 Å². The average molecular weight is 595 g/mol. The summed E-state index contributed by atoms with van der Waals surface area (Å²) in [5.41, 5.74) is 13.7. The number of hydrogen-bond donors (Lipinski definition) is 8. The van der Waals surface area contributed by atoms with E-state index in [-0.39, 0.29) is 30.9 Å². The van der Waals surface area contributed by atoms with E-state index < -0.39 is 60.2 Å². The fourth-order valence-corrected chi connectivity index (χ4v) is 4.63. The maximum absolute atomic E-state index is 13.6. The largest absolute Gasteiger partial charge is 0.508 e. The number of phenolic OH excluding ortho intramolecular Hbond substituents is 1. The molecule has 0 saturated heterocycles. The zero-order valence-corrected chi connectivity index (χ0v) is 24.0. The third kappa shape index (κ3) is 9.57. The van der Waals surface area contributed by atoms with E-state index in [0.717, 1.165) is 16.5 Å². The second kappa shape index (κ2) is 14.8. The van der Waals surface area contributed by atoms with E-state index in [2.05, 4.69) is 20.9 Å². The molecule has 10 N–H and O–H groups in total. The molecule has 4 unspecified atom stereocenters. The number of aromatic hydroxyl groups is 1. The molecule has 3 rings (SSSR count). The van der Waals surface area contributed by atoms with Gasteiger partial charge in [0.2, 0.25) is 23.6 Å². The molecule has 0 saturated carbocycles. The molecular formula is C30H38N6O7. The summed E-state index contributed by atoms with van der Waals surface area (Å²) in [7, 11) is 0. The fraction of sp³-hybridized carbons (Fsp3) is 0.367. The number of phenols is 1. The Kier molecular flexibility index (Phi) is 11.2. The van der Waals surface area contributed by atoms with Gasteiger partial charge in [-0.05, 0) is 48.1 Å². The smallest absolute Gasteiger partial charge is 0.326 e. The quantitative estimate of drug-likeness (QED) is 0.123. The molecule has 4 amide bonds. The summed E-state index contributed by atoms with van der Waals surface area (Å²) in [5.74, 6) is -4.57. The molecule has 13 heteroatoms. The Morgan fingerprint density at radius 2 is 1.44 bits per heavy atom. The van der Waals surface area contributed by atoms with E-state index in [9.17, 15) is 34.2 Å². The third-order valence-corrected chi connectivity index (χ3v) is 6.82. The van der Waals surface area contributed by atoms with Crippen LogP contribution in [0.1, 0.15) is 37.8 Å². The first-order chi connectivity index (χ1) is 20.3. The highest BCUT2D eigenvalue weighted by atomic mass is 16.4. The molecule has 2 aromatic carbocycles. The molecule has 1 heterocycles. The van der Waals surface area contributed by atoms with Crippen molar-refractivity contribution >= 4 is 40.5 Å². The van der Waals surface area contributed by atoms with Crippen molar-refractivity contribution in [2.45, 2.75) is 63.7 Å². The van der Waals surface area contributed by atoms with E-state index in [1.165, 1.54) is 12.1 Å². The van der Waals surface area contributed by atoms with Crippen LogP contribution in [0.3, 0.4) is 0 Å². The minimum atomic E-state index is -1.58. The van der Waals surface area contributed by atoms with Gasteiger partial charge in [-0.25, -0.2) is 4.79 Å². The second-order valence-corrected chi connectivity index (χ2v) is 10.9. The number of aromatic amines is 1. The van der Waals surface area contributed by atoms with Crippen molar-refractivity contribution in [1.29, 1.82) is 0 Å². The van der Waals surface area contributed by atoms with Crippen LogP contribution < -0.4 is 27.4 Å². The number of H-pyrrole nitrogens is 1. The Hall–Kier alpha value is -4.91. The number of amides is 4. The van der Waals surface area contributed by atoms with Gasteiger partial charge in [-0.3, -0.25) is 19.2 Å². The van der Waals surface area contributed by atoms with Crippen molar-refractivity contribution in [2.75, 3.05) is 0 Å². The van der Waals surface area contributed by atoms with Gasteiger partial charge in [0.05, 0.1) is 12.5 Å². The van der Waals surface area contributed by atoms with Crippen LogP contribution in [0, 0.1) is 5.92 Å². The second-order valence-electron chi connectivity index (χ2n) is 10.9. The van der Waals surface area contributed by atoms with Crippen LogP contribution in [0.2, 0.25) is 0 Å². The fourth-order valence-electron chi connectivity index (χ4n) is 4.63. The number of primary amides is 1. The van der Waals surface area contributed by atoms with E-state index in [1.807, 2.05) is 38.1 Å². The molecule has 0 bridgehead atoms. The van der Waals surface area contributed by atoms with Gasteiger partial charge in [-0.2, -0.15) is 0 Å². The van der Waals surface area contributed by atoms with Crippen molar-refractivity contribution in [3.8, 4) is 5.75 Å². The van der Waals surface area contributed by atoms with Gasteiger partial charge in [-0.1, -0.05) is 44.2 Å². The normalized spacial score (nSPS) is 14.0. The zero-order valence-electron chi connectivity index (χ0n) is 24.0. The lowest BCUT2D eigenvalue weighted by molar-refractivity contribution is -0.143. The van der Waals surface area contributed by atoms with Crippen molar-refractivity contribution in [3.05, 3.63) is 65.9 Å². The van der Waals surface area contributed by atoms with Crippen molar-refractivity contribution in [3.63, 3.8) is 0 Å². The molecule has 43 heavy (non-hydrogen) atoms. The summed E-state index contributed by atoms with van der Waals surface area (Å²) in [6.45, 7) is 3.62. The third-order valence-electron chi connectivity index (χ3n) is 6.82. The van der Waals surface area contributed by atoms with E-state index >= 15 is 0 Å². The minimum Gasteiger partial charge on any atom is -0.508 e. The van der Waals surface area contributed by atoms with Gasteiger partial charge in [0.15, 0.2) is 0 Å². The number of carbonyl (C=O) groups is 5. The molecule has 13 nitrogen and oxygen atoms in total. The van der Waals surface area contributed by atoms with E-state index in [1.54, 1.807) is 18.3 Å². The monoisotopic (exact) mass is 594 g/mol. The lowest BCUT2D eigenvalue weighted by Gasteiger charge is -2.26. The van der Waals surface area contributed by atoms with Crippen LogP contribution in [0.5, 0.6) is 5.75 Å². The molecule has 230 valence electrons. The maximum atomic E-state index is 13.6. The standard InChI is InChI=1S/C30H38N6O7/c1-16(2)11-23(28(40)36-25(30(42)43)14-26(32)38)35-29(41)24(12-17-7-9-19(37)10-8-17)34-27(39)21(31)13-18-15-33-22-6-4-3-5-20(18)22/h3-10,15-16,21,23-25,33,37H,11-14,31H2,1-2H3,(H2,32,38)(H,34,39)(H,35,41)(H,36,40)(H,42,43). The lowest BCUT2D eigenvalue weighted by atomic mass is 10.00. The van der Waals surface area contributed by atoms with Gasteiger partial charge in [0, 0.05) is 23.5 Å². The summed E-state index contributed by atoms with van der Waals surface area (Å²) in [6.07, 6.45) is 1.49. The first kappa shape index (κ1) is 32.6. The van der Waals surface area contributed by atoms with Gasteiger partial charge in [0.1, 0.15) is 23.9 Å². The maximum Gasteiger partial charge on any atom is 0.326 e. The molecular weight excluding hydrogens is 556 g/mol. The number of carbonyl (C=O) groups excluding carboxylic acids is 4. The number of para-hydroxylation sites is 1. The number of nitrogens with two attached hydrogens (primary N) is 2. The summed E-state index contributed by atoms with van der Waals surface area (Å²) >= 11 is 0. The van der Waals surface area contributed by atoms with Gasteiger partial charge >= 0.3 is 5.97 Å². The molecule has 0 aliphatic rings. The highest BCUT2D eigenvalue weighted by Crippen LogP contribution is 2.19. The highest BCUT2D eigenvalue weighted by Gasteiger charge is 2.31. The predicted molar refractivity (Wildman–Crippen MR) is 158 cm³/mol. The van der Waals surface area contributed by atoms with Crippen molar-refractivity contribution in [1.82, 2.24) is 20.9 Å². The Labute approximate surface area is 248 Å². The Morgan fingerprint density at radius 1 is 0.837 bits per heavy atom. The number of fused-ring (bicyclic) bond motifs is 1. The van der Waals surface area contributed by atoms with E-state index in [4.69, 9.17) is 11.5 Å². The molecule has 1 aromatic heterocycles. The Balaban J connectivity index is 1.79. The van der Waals surface area contributed by atoms with Gasteiger partial charge in [-0.15, -0.1) is 0 Å². The summed E-state index contributed by atoms with van der Waals surface area (Å²) in [5, 5.41) is 27.6. The average Bonchev–Trinajstić information content (AvgIpc) is 3.35. The van der Waals surface area contributed by atoms with Crippen molar-refractivity contribution < 1.29 is 34.2 Å². The summed E-state index contributed by atoms with van der Waals surface area (Å²) in [4.78, 5) is 65.8. The minimum absolute atomic E-state index is 0.00705. The molecule has 4 atom stereocenters. The SMILES string of the molecule is CC(C)CC(NC(=O)C(Cc1ccc(O)cc1)NC(=O)C(N)Cc1c[nH]c2ccccc12)C(=O)NC(CC(N)=O)C(=O)O.